The van der Waals surface area contributed by atoms with Gasteiger partial charge in [-0.3, -0.25) is 4.79 Å². The summed E-state index contributed by atoms with van der Waals surface area (Å²) in [5.41, 5.74) is 0.0946. The van der Waals surface area contributed by atoms with Gasteiger partial charge in [-0.2, -0.15) is 0 Å². The van der Waals surface area contributed by atoms with Crippen LogP contribution < -0.4 is 0 Å². The average Bonchev–Trinajstić information content (AvgIpc) is 3.00. The van der Waals surface area contributed by atoms with Crippen molar-refractivity contribution < 1.29 is 39.1 Å². The van der Waals surface area contributed by atoms with E-state index in [1.807, 2.05) is 13.8 Å². The monoisotopic (exact) mass is 482 g/mol. The molecule has 4 aliphatic rings. The Morgan fingerprint density at radius 3 is 2.53 bits per heavy atom. The molecule has 3 aliphatic carbocycles. The highest BCUT2D eigenvalue weighted by atomic mass is 16.7. The highest BCUT2D eigenvalue weighted by molar-refractivity contribution is 5.67. The molecule has 0 aromatic carbocycles. The summed E-state index contributed by atoms with van der Waals surface area (Å²) in [7, 11) is 1.45. The lowest BCUT2D eigenvalue weighted by atomic mass is 9.51. The Balaban J connectivity index is 1.81. The first-order chi connectivity index (χ1) is 15.8. The molecule has 0 spiro atoms. The summed E-state index contributed by atoms with van der Waals surface area (Å²) in [5.74, 6) is -0.458. The first-order valence-electron chi connectivity index (χ1n) is 12.5. The van der Waals surface area contributed by atoms with Gasteiger partial charge in [-0.15, -0.1) is 0 Å². The van der Waals surface area contributed by atoms with Gasteiger partial charge in [-0.1, -0.05) is 18.1 Å². The van der Waals surface area contributed by atoms with E-state index in [1.165, 1.54) is 25.2 Å². The lowest BCUT2D eigenvalue weighted by Gasteiger charge is -2.64. The third kappa shape index (κ3) is 3.76. The second-order valence-corrected chi connectivity index (χ2v) is 11.7. The van der Waals surface area contributed by atoms with Crippen molar-refractivity contribution in [2.75, 3.05) is 20.3 Å². The third-order valence-electron chi connectivity index (χ3n) is 9.63. The Labute approximate surface area is 202 Å². The summed E-state index contributed by atoms with van der Waals surface area (Å²) in [6, 6.07) is 0. The lowest BCUT2D eigenvalue weighted by molar-refractivity contribution is -0.345. The van der Waals surface area contributed by atoms with Crippen molar-refractivity contribution in [1.82, 2.24) is 0 Å². The zero-order valence-electron chi connectivity index (χ0n) is 21.4. The van der Waals surface area contributed by atoms with E-state index in [0.717, 1.165) is 25.7 Å². The number of rotatable bonds is 7. The average molecular weight is 483 g/mol. The number of fused-ring (bicyclic) bond motifs is 4. The quantitative estimate of drug-likeness (QED) is 0.288. The minimum atomic E-state index is -1.17. The van der Waals surface area contributed by atoms with Gasteiger partial charge in [0.2, 0.25) is 0 Å². The van der Waals surface area contributed by atoms with Gasteiger partial charge in [-0.25, -0.2) is 0 Å². The summed E-state index contributed by atoms with van der Waals surface area (Å²) >= 11 is 0. The number of ether oxygens (including phenoxy) is 4. The van der Waals surface area contributed by atoms with E-state index < -0.39 is 41.0 Å². The first-order valence-corrected chi connectivity index (χ1v) is 12.5. The molecule has 2 unspecified atom stereocenters. The fourth-order valence-electron chi connectivity index (χ4n) is 7.60. The minimum absolute atomic E-state index is 0.125. The van der Waals surface area contributed by atoms with Crippen LogP contribution in [0.15, 0.2) is 11.1 Å². The molecule has 2 saturated carbocycles. The van der Waals surface area contributed by atoms with Gasteiger partial charge >= 0.3 is 5.97 Å². The summed E-state index contributed by atoms with van der Waals surface area (Å²) in [6.07, 6.45) is 1.73. The highest BCUT2D eigenvalue weighted by Gasteiger charge is 2.71. The number of carbonyl (C=O) groups is 1. The SMILES string of the molecule is COC(O[C@H]1C[C@H]2OC[C@@]2(OC(C)=O)C2C[C@]3(C(C)(C)O)CCC(C)=C3CC[C@@]21C)[C@@H](O)CO. The van der Waals surface area contributed by atoms with Gasteiger partial charge in [0.1, 0.15) is 12.2 Å². The topological polar surface area (TPSA) is 115 Å². The van der Waals surface area contributed by atoms with E-state index in [-0.39, 0.29) is 24.1 Å². The van der Waals surface area contributed by atoms with Crippen molar-refractivity contribution in [3.8, 4) is 0 Å². The molecule has 1 saturated heterocycles. The largest absolute Gasteiger partial charge is 0.454 e. The summed E-state index contributed by atoms with van der Waals surface area (Å²) in [6.45, 7) is 9.44. The van der Waals surface area contributed by atoms with Gasteiger partial charge in [-0.05, 0) is 52.9 Å². The van der Waals surface area contributed by atoms with Crippen molar-refractivity contribution in [3.63, 3.8) is 0 Å². The van der Waals surface area contributed by atoms with Crippen molar-refractivity contribution in [2.24, 2.45) is 16.7 Å². The number of esters is 1. The second kappa shape index (κ2) is 8.82. The van der Waals surface area contributed by atoms with Crippen molar-refractivity contribution in [1.29, 1.82) is 0 Å². The molecule has 0 aromatic rings. The second-order valence-electron chi connectivity index (χ2n) is 11.7. The zero-order valence-corrected chi connectivity index (χ0v) is 21.4. The van der Waals surface area contributed by atoms with Gasteiger partial charge in [0.25, 0.3) is 0 Å². The van der Waals surface area contributed by atoms with Crippen molar-refractivity contribution in [3.05, 3.63) is 11.1 Å². The van der Waals surface area contributed by atoms with Crippen LogP contribution in [0.1, 0.15) is 73.1 Å². The van der Waals surface area contributed by atoms with Gasteiger partial charge in [0, 0.05) is 37.2 Å². The number of hydrogen-bond acceptors (Lipinski definition) is 8. The molecule has 8 heteroatoms. The molecule has 4 rings (SSSR count). The van der Waals surface area contributed by atoms with Crippen LogP contribution in [0.5, 0.6) is 0 Å². The maximum absolute atomic E-state index is 12.3. The number of hydrogen-bond donors (Lipinski definition) is 3. The normalized spacial score (nSPS) is 41.5. The van der Waals surface area contributed by atoms with E-state index in [4.69, 9.17) is 18.9 Å². The zero-order chi connectivity index (χ0) is 25.1. The van der Waals surface area contributed by atoms with Crippen molar-refractivity contribution in [2.45, 2.75) is 109 Å². The smallest absolute Gasteiger partial charge is 0.303 e. The predicted molar refractivity (Wildman–Crippen MR) is 124 cm³/mol. The Bertz CT molecular complexity index is 833. The van der Waals surface area contributed by atoms with E-state index in [9.17, 15) is 20.1 Å². The van der Waals surface area contributed by atoms with Crippen LogP contribution in [0.3, 0.4) is 0 Å². The third-order valence-corrected chi connectivity index (χ3v) is 9.63. The Kier molecular flexibility index (Phi) is 6.75. The molecule has 0 bridgehead atoms. The van der Waals surface area contributed by atoms with Crippen LogP contribution in [-0.4, -0.2) is 77.4 Å². The molecule has 3 fully saturated rings. The molecule has 0 radical (unpaired) electrons. The number of aliphatic hydroxyl groups is 3. The Morgan fingerprint density at radius 1 is 1.29 bits per heavy atom. The van der Waals surface area contributed by atoms with Crippen LogP contribution in [0.4, 0.5) is 0 Å². The maximum atomic E-state index is 12.3. The molecular formula is C26H42O8. The van der Waals surface area contributed by atoms with Crippen LogP contribution in [-0.2, 0) is 23.7 Å². The molecule has 194 valence electrons. The number of allylic oxidation sites excluding steroid dienone is 1. The number of aliphatic hydroxyl groups excluding tert-OH is 2. The van der Waals surface area contributed by atoms with E-state index in [1.54, 1.807) is 0 Å². The van der Waals surface area contributed by atoms with Gasteiger partial charge < -0.3 is 34.3 Å². The van der Waals surface area contributed by atoms with Crippen LogP contribution in [0.2, 0.25) is 0 Å². The molecule has 0 amide bonds. The van der Waals surface area contributed by atoms with Gasteiger partial charge in [0.05, 0.1) is 24.9 Å². The van der Waals surface area contributed by atoms with Gasteiger partial charge in [0.15, 0.2) is 11.9 Å². The minimum Gasteiger partial charge on any atom is -0.454 e. The molecule has 1 aliphatic heterocycles. The summed E-state index contributed by atoms with van der Waals surface area (Å²) < 4.78 is 23.8. The van der Waals surface area contributed by atoms with Crippen LogP contribution in [0.25, 0.3) is 0 Å². The van der Waals surface area contributed by atoms with Crippen molar-refractivity contribution >= 4 is 5.97 Å². The number of carbonyl (C=O) groups excluding carboxylic acids is 1. The van der Waals surface area contributed by atoms with Crippen LogP contribution >= 0.6 is 0 Å². The Hall–Kier alpha value is -1.03. The molecule has 0 aromatic heterocycles. The standard InChI is InChI=1S/C26H42O8/c1-15-7-10-25(23(3,4)30)12-19-24(5,9-8-17(15)25)20(33-22(31-6)18(29)13-27)11-21-26(19,14-32-21)34-16(2)28/h18-22,27,29-30H,7-14H2,1-6H3/t18-,19?,20-,21+,22?,24-,25+,26+/m0/s1. The molecule has 3 N–H and O–H groups in total. The first kappa shape index (κ1) is 26.0. The lowest BCUT2D eigenvalue weighted by Crippen LogP contribution is -2.74. The Morgan fingerprint density at radius 2 is 2.00 bits per heavy atom. The fraction of sp³-hybridized carbons (Fsp3) is 0.885. The molecule has 8 nitrogen and oxygen atoms in total. The molecular weight excluding hydrogens is 440 g/mol. The van der Waals surface area contributed by atoms with Crippen LogP contribution in [0, 0.1) is 16.7 Å². The molecule has 8 atom stereocenters. The fourth-order valence-corrected chi connectivity index (χ4v) is 7.60. The maximum Gasteiger partial charge on any atom is 0.303 e. The van der Waals surface area contributed by atoms with E-state index in [0.29, 0.717) is 19.4 Å². The van der Waals surface area contributed by atoms with E-state index in [2.05, 4.69) is 13.8 Å². The number of methoxy groups -OCH3 is 1. The molecule has 34 heavy (non-hydrogen) atoms. The van der Waals surface area contributed by atoms with E-state index >= 15 is 0 Å². The predicted octanol–water partition coefficient (Wildman–Crippen LogP) is 2.48. The molecule has 1 heterocycles. The summed E-state index contributed by atoms with van der Waals surface area (Å²) in [5, 5.41) is 31.3. The highest BCUT2D eigenvalue weighted by Crippen LogP contribution is 2.67. The summed E-state index contributed by atoms with van der Waals surface area (Å²) in [4.78, 5) is 12.3.